The molecule has 0 spiro atoms. The average molecular weight is 1320 g/mol. The van der Waals surface area contributed by atoms with Crippen LogP contribution >= 0.6 is 0 Å². The van der Waals surface area contributed by atoms with Gasteiger partial charge in [-0.2, -0.15) is 202 Å². The first kappa shape index (κ1) is 75.5. The third-order valence-electron chi connectivity index (χ3n) is 7.46. The highest BCUT2D eigenvalue weighted by molar-refractivity contribution is 5.82. The summed E-state index contributed by atoms with van der Waals surface area (Å²) < 4.78 is 624. The van der Waals surface area contributed by atoms with Gasteiger partial charge in [-0.15, -0.1) is 0 Å². The van der Waals surface area contributed by atoms with Crippen molar-refractivity contribution in [3.63, 3.8) is 0 Å². The SMILES string of the molecule is O=C(OOC(=O)C(F)(OC(F)(F)C(F)(OC(F)(F)C(F)(OC(F)(F)C(F)(F)C(F)(F)F)C(F)(F)F)C(F)(F)F)C(F)(F)F)C(F)(OC(F)(F)C(F)(OC(F)(F)C(F)(OC(F)(F)C(F)(F)C(F)(F)F)C(F)(F)F)C(F)(F)F)C(F)(F)F. The van der Waals surface area contributed by atoms with Gasteiger partial charge in [0.15, 0.2) is 0 Å². The van der Waals surface area contributed by atoms with E-state index in [1.165, 1.54) is 0 Å². The maximum atomic E-state index is 14.7. The van der Waals surface area contributed by atoms with Crippen molar-refractivity contribution in [3.05, 3.63) is 0 Å². The second kappa shape index (κ2) is 20.1. The molecule has 0 aromatic rings. The predicted molar refractivity (Wildman–Crippen MR) is 130 cm³/mol. The van der Waals surface area contributed by atoms with Gasteiger partial charge in [-0.25, -0.2) is 19.4 Å². The van der Waals surface area contributed by atoms with Crippen molar-refractivity contribution in [2.45, 2.75) is 133 Å². The number of hydrogen-bond acceptors (Lipinski definition) is 10. The molecule has 0 aromatic heterocycles. The molecule has 0 saturated carbocycles. The highest BCUT2D eigenvalue weighted by Crippen LogP contribution is 2.62. The van der Waals surface area contributed by atoms with Crippen molar-refractivity contribution in [1.82, 2.24) is 0 Å². The van der Waals surface area contributed by atoms with Crippen molar-refractivity contribution < 1.29 is 250 Å². The summed E-state index contributed by atoms with van der Waals surface area (Å²) in [5.74, 6) is -83.9. The summed E-state index contributed by atoms with van der Waals surface area (Å²) in [6.07, 6.45) is -125. The quantitative estimate of drug-likeness (QED) is 0.0664. The molecule has 0 bridgehead atoms. The van der Waals surface area contributed by atoms with Crippen molar-refractivity contribution in [3.8, 4) is 0 Å². The Labute approximate surface area is 396 Å². The fourth-order valence-corrected chi connectivity index (χ4v) is 3.52. The van der Waals surface area contributed by atoms with Crippen molar-refractivity contribution in [2.24, 2.45) is 0 Å². The molecule has 56 heteroatoms. The first-order chi connectivity index (χ1) is 33.8. The largest absolute Gasteiger partial charge is 0.462 e. The molecule has 0 aliphatic carbocycles. The molecule has 0 aromatic carbocycles. The highest BCUT2D eigenvalue weighted by atomic mass is 19.5. The Hall–Kier alpha value is -4.52. The maximum Gasteiger partial charge on any atom is 0.462 e. The second-order valence-corrected chi connectivity index (χ2v) is 13.2. The van der Waals surface area contributed by atoms with Crippen LogP contribution in [0.2, 0.25) is 0 Å². The summed E-state index contributed by atoms with van der Waals surface area (Å²) in [7, 11) is 0. The van der Waals surface area contributed by atoms with E-state index >= 15 is 0 Å². The number of hydrogen-bond donors (Lipinski definition) is 0. The van der Waals surface area contributed by atoms with Crippen molar-refractivity contribution in [1.29, 1.82) is 0 Å². The molecule has 0 N–H and O–H groups in total. The average Bonchev–Trinajstić information content (AvgIpc) is 3.14. The normalized spacial score (nSPS) is 20.1. The summed E-state index contributed by atoms with van der Waals surface area (Å²) >= 11 is 0. The minimum absolute atomic E-state index is 0.750. The number of carbonyl (C=O) groups is 2. The van der Waals surface area contributed by atoms with E-state index in [-0.39, 0.29) is 0 Å². The van der Waals surface area contributed by atoms with E-state index < -0.39 is 145 Å². The molecular formula is C24F46O10. The molecule has 10 nitrogen and oxygen atoms in total. The van der Waals surface area contributed by atoms with Gasteiger partial charge in [-0.1, -0.05) is 0 Å². The van der Waals surface area contributed by atoms with Gasteiger partial charge in [0.05, 0.1) is 0 Å². The van der Waals surface area contributed by atoms with Gasteiger partial charge in [0, 0.05) is 0 Å². The lowest BCUT2D eigenvalue weighted by Gasteiger charge is -2.42. The molecule has 0 rings (SSSR count). The van der Waals surface area contributed by atoms with Crippen LogP contribution in [0.4, 0.5) is 202 Å². The molecule has 478 valence electrons. The molecular weight excluding hydrogens is 1320 g/mol. The zero-order chi connectivity index (χ0) is 65.8. The smallest absolute Gasteiger partial charge is 0.263 e. The summed E-state index contributed by atoms with van der Waals surface area (Å²) in [6.45, 7) is 0. The van der Waals surface area contributed by atoms with Crippen LogP contribution in [0.1, 0.15) is 0 Å². The molecule has 0 aliphatic heterocycles. The first-order valence-electron chi connectivity index (χ1n) is 16.1. The van der Waals surface area contributed by atoms with Crippen LogP contribution in [0.3, 0.4) is 0 Å². The van der Waals surface area contributed by atoms with Gasteiger partial charge in [0.1, 0.15) is 0 Å². The van der Waals surface area contributed by atoms with Crippen LogP contribution < -0.4 is 0 Å². The Morgan fingerprint density at radius 2 is 0.338 bits per heavy atom. The van der Waals surface area contributed by atoms with E-state index in [1.807, 2.05) is 0 Å². The van der Waals surface area contributed by atoms with Crippen molar-refractivity contribution >= 4 is 11.9 Å². The summed E-state index contributed by atoms with van der Waals surface area (Å²) in [6, 6.07) is 0. The van der Waals surface area contributed by atoms with E-state index in [2.05, 4.69) is 0 Å². The number of alkyl halides is 46. The molecule has 0 heterocycles. The van der Waals surface area contributed by atoms with Crippen LogP contribution in [0, 0.1) is 0 Å². The molecule has 0 saturated heterocycles. The minimum Gasteiger partial charge on any atom is -0.263 e. The van der Waals surface area contributed by atoms with Gasteiger partial charge in [0.2, 0.25) is 0 Å². The fourth-order valence-electron chi connectivity index (χ4n) is 3.52. The topological polar surface area (TPSA) is 108 Å². The monoisotopic (exact) mass is 1320 g/mol. The standard InChI is InChI=1S/C24F46O10/c25-3(11(35,36)37,75-21(63,64)7(31,15(47,48)49)79-23(67,68)9(33,17(53,54)55)77-19(59,60)5(27,28)13(41,42)43)1(71)73-74-2(72)4(26,12(38,39)40)76-22(65,66)8(32,16(50,51)52)80-24(69,70)10(34,18(56,57)58)78-20(61,62)6(29,30)14(44,45)46. The summed E-state index contributed by atoms with van der Waals surface area (Å²) in [4.78, 5) is 26.3. The van der Waals surface area contributed by atoms with Crippen LogP contribution in [-0.2, 0) is 47.8 Å². The molecule has 0 radical (unpaired) electrons. The lowest BCUT2D eigenvalue weighted by Crippen LogP contribution is -2.71. The van der Waals surface area contributed by atoms with E-state index in [0.29, 0.717) is 0 Å². The second-order valence-electron chi connectivity index (χ2n) is 13.2. The number of ether oxygens (including phenoxy) is 6. The molecule has 0 fully saturated rings. The van der Waals surface area contributed by atoms with Crippen LogP contribution in [0.5, 0.6) is 0 Å². The van der Waals surface area contributed by atoms with E-state index in [4.69, 9.17) is 0 Å². The molecule has 6 unspecified atom stereocenters. The highest BCUT2D eigenvalue weighted by Gasteiger charge is 2.91. The number of halogens is 46. The summed E-state index contributed by atoms with van der Waals surface area (Å²) in [5.41, 5.74) is 0. The number of rotatable bonds is 20. The van der Waals surface area contributed by atoms with E-state index in [0.717, 1.165) is 28.4 Å². The van der Waals surface area contributed by atoms with Gasteiger partial charge < -0.3 is 0 Å². The third kappa shape index (κ3) is 12.7. The van der Waals surface area contributed by atoms with Gasteiger partial charge in [0.25, 0.3) is 0 Å². The maximum absolute atomic E-state index is 14.7. The Kier molecular flexibility index (Phi) is 19.0. The van der Waals surface area contributed by atoms with Gasteiger partial charge in [-0.05, 0) is 0 Å². The Balaban J connectivity index is 7.84. The minimum atomic E-state index is -9.50. The lowest BCUT2D eigenvalue weighted by atomic mass is 10.2. The number of carbonyl (C=O) groups excluding carboxylic acids is 2. The Morgan fingerprint density at radius 3 is 0.475 bits per heavy atom. The zero-order valence-electron chi connectivity index (χ0n) is 33.5. The van der Waals surface area contributed by atoms with Crippen molar-refractivity contribution in [2.75, 3.05) is 0 Å². The fraction of sp³-hybridized carbons (Fsp3) is 0.917. The van der Waals surface area contributed by atoms with E-state index in [9.17, 15) is 212 Å². The zero-order valence-corrected chi connectivity index (χ0v) is 33.5. The van der Waals surface area contributed by atoms with Crippen LogP contribution in [0.15, 0.2) is 0 Å². The summed E-state index contributed by atoms with van der Waals surface area (Å²) in [5, 5.41) is 0. The molecule has 80 heavy (non-hydrogen) atoms. The Bertz CT molecular complexity index is 2040. The molecule has 6 atom stereocenters. The van der Waals surface area contributed by atoms with Gasteiger partial charge in [-0.3, -0.25) is 28.4 Å². The molecule has 0 aliphatic rings. The lowest BCUT2D eigenvalue weighted by molar-refractivity contribution is -0.578. The van der Waals surface area contributed by atoms with E-state index in [1.54, 1.807) is 9.78 Å². The van der Waals surface area contributed by atoms with Gasteiger partial charge >= 0.3 is 145 Å². The predicted octanol–water partition coefficient (Wildman–Crippen LogP) is 13.4. The van der Waals surface area contributed by atoms with Crippen LogP contribution in [0.25, 0.3) is 0 Å². The molecule has 0 amide bonds. The Morgan fingerprint density at radius 1 is 0.188 bits per heavy atom. The van der Waals surface area contributed by atoms with Crippen LogP contribution in [-0.4, -0.2) is 145 Å². The third-order valence-corrected chi connectivity index (χ3v) is 7.46. The first-order valence-corrected chi connectivity index (χ1v) is 16.1.